The van der Waals surface area contributed by atoms with Crippen LogP contribution in [-0.4, -0.2) is 10.2 Å². The standard InChI is InChI=1S/C30H20O2S/c31-29-21-9-3-1-7-17(21)19-11-5-13-23(27(19)29)25-15-16-26(33-25)24-14-6-12-20-18-8-2-4-10-22(18)30(32)28(20)24/h1-16,29-32H. The topological polar surface area (TPSA) is 40.5 Å². The van der Waals surface area contributed by atoms with E-state index in [0.717, 1.165) is 65.4 Å². The highest BCUT2D eigenvalue weighted by Gasteiger charge is 2.31. The molecule has 1 aromatic heterocycles. The summed E-state index contributed by atoms with van der Waals surface area (Å²) in [5.74, 6) is 0. The largest absolute Gasteiger partial charge is 0.384 e. The summed E-state index contributed by atoms with van der Waals surface area (Å²) in [6.07, 6.45) is -1.23. The Balaban J connectivity index is 1.36. The number of fused-ring (bicyclic) bond motifs is 6. The third kappa shape index (κ3) is 2.61. The van der Waals surface area contributed by atoms with Crippen molar-refractivity contribution in [2.45, 2.75) is 12.2 Å². The molecule has 0 saturated carbocycles. The molecular formula is C30H20O2S. The minimum absolute atomic E-state index is 0.616. The Labute approximate surface area is 196 Å². The van der Waals surface area contributed by atoms with E-state index in [2.05, 4.69) is 60.7 Å². The molecule has 0 aliphatic heterocycles. The Morgan fingerprint density at radius 3 is 1.30 bits per heavy atom. The molecule has 3 heteroatoms. The lowest BCUT2D eigenvalue weighted by Crippen LogP contribution is -1.96. The number of aliphatic hydroxyl groups is 2. The SMILES string of the molecule is OC1c2ccccc2-c2cccc(-c3ccc(-c4cccc5c4C(O)c4ccccc4-5)s3)c21. The van der Waals surface area contributed by atoms with Crippen molar-refractivity contribution in [1.29, 1.82) is 0 Å². The molecule has 158 valence electrons. The van der Waals surface area contributed by atoms with Gasteiger partial charge in [-0.2, -0.15) is 0 Å². The maximum atomic E-state index is 11.1. The Kier molecular flexibility index (Phi) is 4.03. The van der Waals surface area contributed by atoms with E-state index < -0.39 is 12.2 Å². The molecule has 0 bridgehead atoms. The maximum absolute atomic E-state index is 11.1. The fourth-order valence-electron chi connectivity index (χ4n) is 5.52. The van der Waals surface area contributed by atoms with Crippen LogP contribution in [0.25, 0.3) is 43.1 Å². The molecule has 0 spiro atoms. The second kappa shape index (κ2) is 7.00. The maximum Gasteiger partial charge on any atom is 0.106 e. The lowest BCUT2D eigenvalue weighted by atomic mass is 9.98. The van der Waals surface area contributed by atoms with Crippen molar-refractivity contribution < 1.29 is 10.2 Å². The molecule has 0 saturated heterocycles. The first kappa shape index (κ1) is 19.0. The summed E-state index contributed by atoms with van der Waals surface area (Å²) in [5.41, 5.74) is 10.5. The summed E-state index contributed by atoms with van der Waals surface area (Å²) >= 11 is 1.71. The van der Waals surface area contributed by atoms with Gasteiger partial charge in [0.25, 0.3) is 0 Å². The highest BCUT2D eigenvalue weighted by Crippen LogP contribution is 2.51. The van der Waals surface area contributed by atoms with Crippen LogP contribution in [0.3, 0.4) is 0 Å². The van der Waals surface area contributed by atoms with E-state index in [0.29, 0.717) is 0 Å². The number of aliphatic hydroxyl groups excluding tert-OH is 2. The summed E-state index contributed by atoms with van der Waals surface area (Å²) in [7, 11) is 0. The van der Waals surface area contributed by atoms with E-state index >= 15 is 0 Å². The van der Waals surface area contributed by atoms with Crippen molar-refractivity contribution in [3.05, 3.63) is 119 Å². The molecule has 0 radical (unpaired) electrons. The van der Waals surface area contributed by atoms with Crippen LogP contribution in [0, 0.1) is 0 Å². The van der Waals surface area contributed by atoms with Gasteiger partial charge in [0.1, 0.15) is 12.2 Å². The number of thiophene rings is 1. The van der Waals surface area contributed by atoms with Gasteiger partial charge in [0.2, 0.25) is 0 Å². The molecule has 1 heterocycles. The molecule has 2 aliphatic rings. The fraction of sp³-hybridized carbons (Fsp3) is 0.0667. The van der Waals surface area contributed by atoms with Gasteiger partial charge < -0.3 is 10.2 Å². The zero-order chi connectivity index (χ0) is 22.1. The van der Waals surface area contributed by atoms with Crippen LogP contribution in [0.4, 0.5) is 0 Å². The molecule has 0 amide bonds. The minimum Gasteiger partial charge on any atom is -0.384 e. The zero-order valence-electron chi connectivity index (χ0n) is 17.7. The van der Waals surface area contributed by atoms with Gasteiger partial charge in [-0.1, -0.05) is 84.9 Å². The fourth-order valence-corrected chi connectivity index (χ4v) is 6.60. The van der Waals surface area contributed by atoms with Gasteiger partial charge in [0.15, 0.2) is 0 Å². The number of benzene rings is 4. The molecule has 2 unspecified atom stereocenters. The number of rotatable bonds is 2. The molecule has 2 nitrogen and oxygen atoms in total. The van der Waals surface area contributed by atoms with Gasteiger partial charge in [0.05, 0.1) is 0 Å². The number of hydrogen-bond acceptors (Lipinski definition) is 3. The Morgan fingerprint density at radius 2 is 0.818 bits per heavy atom. The van der Waals surface area contributed by atoms with Gasteiger partial charge in [-0.15, -0.1) is 11.3 Å². The summed E-state index contributed by atoms with van der Waals surface area (Å²) in [6, 6.07) is 33.0. The molecular weight excluding hydrogens is 424 g/mol. The zero-order valence-corrected chi connectivity index (χ0v) is 18.5. The Morgan fingerprint density at radius 1 is 0.424 bits per heavy atom. The van der Waals surface area contributed by atoms with Crippen LogP contribution >= 0.6 is 11.3 Å². The summed E-state index contributed by atoms with van der Waals surface area (Å²) in [6.45, 7) is 0. The molecule has 2 N–H and O–H groups in total. The van der Waals surface area contributed by atoms with Crippen LogP contribution in [0.5, 0.6) is 0 Å². The lowest BCUT2D eigenvalue weighted by Gasteiger charge is -2.12. The lowest BCUT2D eigenvalue weighted by molar-refractivity contribution is 0.225. The average Bonchev–Trinajstić information content (AvgIpc) is 3.55. The van der Waals surface area contributed by atoms with Crippen LogP contribution in [0.2, 0.25) is 0 Å². The van der Waals surface area contributed by atoms with Crippen LogP contribution in [-0.2, 0) is 0 Å². The van der Waals surface area contributed by atoms with Crippen molar-refractivity contribution in [3.8, 4) is 43.1 Å². The molecule has 33 heavy (non-hydrogen) atoms. The third-order valence-corrected chi connectivity index (χ3v) is 8.14. The summed E-state index contributed by atoms with van der Waals surface area (Å²) in [5, 5.41) is 22.3. The molecule has 4 aromatic carbocycles. The van der Waals surface area contributed by atoms with E-state index in [1.165, 1.54) is 0 Å². The monoisotopic (exact) mass is 444 g/mol. The smallest absolute Gasteiger partial charge is 0.106 e. The number of hydrogen-bond donors (Lipinski definition) is 2. The van der Waals surface area contributed by atoms with Gasteiger partial charge in [0, 0.05) is 20.9 Å². The molecule has 7 rings (SSSR count). The van der Waals surface area contributed by atoms with Crippen LogP contribution in [0.1, 0.15) is 34.5 Å². The average molecular weight is 445 g/mol. The highest BCUT2D eigenvalue weighted by atomic mass is 32.1. The quantitative estimate of drug-likeness (QED) is 0.302. The van der Waals surface area contributed by atoms with Gasteiger partial charge in [-0.05, 0) is 56.6 Å². The van der Waals surface area contributed by atoms with Gasteiger partial charge in [-0.25, -0.2) is 0 Å². The van der Waals surface area contributed by atoms with E-state index in [9.17, 15) is 10.2 Å². The van der Waals surface area contributed by atoms with Crippen LogP contribution in [0.15, 0.2) is 97.1 Å². The highest BCUT2D eigenvalue weighted by molar-refractivity contribution is 7.18. The van der Waals surface area contributed by atoms with E-state index in [-0.39, 0.29) is 0 Å². The van der Waals surface area contributed by atoms with Gasteiger partial charge in [-0.3, -0.25) is 0 Å². The van der Waals surface area contributed by atoms with Crippen molar-refractivity contribution >= 4 is 11.3 Å². The minimum atomic E-state index is -0.616. The van der Waals surface area contributed by atoms with E-state index in [1.54, 1.807) is 11.3 Å². The predicted molar refractivity (Wildman–Crippen MR) is 134 cm³/mol. The van der Waals surface area contributed by atoms with Crippen molar-refractivity contribution in [2.24, 2.45) is 0 Å². The Hall–Kier alpha value is -3.50. The molecule has 5 aromatic rings. The molecule has 2 atom stereocenters. The Bertz CT molecular complexity index is 1450. The van der Waals surface area contributed by atoms with Crippen molar-refractivity contribution in [1.82, 2.24) is 0 Å². The normalized spacial score (nSPS) is 17.4. The van der Waals surface area contributed by atoms with E-state index in [1.807, 2.05) is 36.4 Å². The predicted octanol–water partition coefficient (Wildman–Crippen LogP) is 7.21. The van der Waals surface area contributed by atoms with Crippen molar-refractivity contribution in [2.75, 3.05) is 0 Å². The van der Waals surface area contributed by atoms with Gasteiger partial charge >= 0.3 is 0 Å². The molecule has 0 fully saturated rings. The van der Waals surface area contributed by atoms with Crippen LogP contribution < -0.4 is 0 Å². The second-order valence-corrected chi connectivity index (χ2v) is 9.76. The summed E-state index contributed by atoms with van der Waals surface area (Å²) < 4.78 is 0. The first-order valence-electron chi connectivity index (χ1n) is 11.1. The first-order valence-corrected chi connectivity index (χ1v) is 11.9. The van der Waals surface area contributed by atoms with Crippen molar-refractivity contribution in [3.63, 3.8) is 0 Å². The third-order valence-electron chi connectivity index (χ3n) is 6.99. The second-order valence-electron chi connectivity index (χ2n) is 8.68. The van der Waals surface area contributed by atoms with E-state index in [4.69, 9.17) is 0 Å². The molecule has 2 aliphatic carbocycles. The summed E-state index contributed by atoms with van der Waals surface area (Å²) in [4.78, 5) is 2.24. The first-order chi connectivity index (χ1) is 16.2.